The fourth-order valence-electron chi connectivity index (χ4n) is 4.61. The van der Waals surface area contributed by atoms with Gasteiger partial charge in [0.2, 0.25) is 6.29 Å². The Labute approximate surface area is 199 Å². The minimum atomic E-state index is -2.01. The predicted octanol–water partition coefficient (Wildman–Crippen LogP) is -1.52. The Hall–Kier alpha value is -1.80. The normalized spacial score (nSPS) is 43.7. The maximum atomic E-state index is 12.4. The molecule has 0 unspecified atom stereocenters. The van der Waals surface area contributed by atoms with E-state index in [1.54, 1.807) is 18.2 Å². The average molecular weight is 503 g/mol. The number of esters is 1. The number of benzene rings is 1. The van der Waals surface area contributed by atoms with E-state index in [0.717, 1.165) is 0 Å². The van der Waals surface area contributed by atoms with E-state index >= 15 is 0 Å². The SMILES string of the molecule is O=C(OC[C@]1(O)[C@@H]2[C@H](O[C@H]3O[C@H](CO)[C@@H](O)[C@H](O)[C@H]3O)OC=C[C@H]2[C@H](O)[C@H]1Cl)c1ccccc1. The van der Waals surface area contributed by atoms with Gasteiger partial charge in [-0.2, -0.15) is 0 Å². The summed E-state index contributed by atoms with van der Waals surface area (Å²) in [6.07, 6.45) is -7.69. The molecule has 0 amide bonds. The zero-order valence-electron chi connectivity index (χ0n) is 17.8. The van der Waals surface area contributed by atoms with E-state index in [-0.39, 0.29) is 5.56 Å². The largest absolute Gasteiger partial charge is 0.472 e. The van der Waals surface area contributed by atoms with Crippen LogP contribution < -0.4 is 0 Å². The topological polar surface area (TPSA) is 175 Å². The van der Waals surface area contributed by atoms with Gasteiger partial charge in [-0.1, -0.05) is 18.2 Å². The second-order valence-corrected chi connectivity index (χ2v) is 9.07. The molecule has 11 nitrogen and oxygen atoms in total. The van der Waals surface area contributed by atoms with Gasteiger partial charge >= 0.3 is 5.97 Å². The predicted molar refractivity (Wildman–Crippen MR) is 113 cm³/mol. The van der Waals surface area contributed by atoms with Gasteiger partial charge in [-0.25, -0.2) is 4.79 Å². The number of aliphatic hydroxyl groups excluding tert-OH is 5. The van der Waals surface area contributed by atoms with Crippen molar-refractivity contribution in [3.05, 3.63) is 48.2 Å². The van der Waals surface area contributed by atoms with Crippen LogP contribution in [-0.2, 0) is 18.9 Å². The van der Waals surface area contributed by atoms with Gasteiger partial charge in [0.15, 0.2) is 6.29 Å². The molecular formula is C22H27ClO11. The molecule has 0 radical (unpaired) electrons. The molecule has 1 aromatic rings. The fraction of sp³-hybridized carbons (Fsp3) is 0.591. The van der Waals surface area contributed by atoms with E-state index in [1.807, 2.05) is 0 Å². The van der Waals surface area contributed by atoms with Crippen molar-refractivity contribution in [3.8, 4) is 0 Å². The monoisotopic (exact) mass is 502 g/mol. The van der Waals surface area contributed by atoms with E-state index in [4.69, 9.17) is 30.5 Å². The molecule has 1 saturated carbocycles. The number of rotatable bonds is 6. The second-order valence-electron chi connectivity index (χ2n) is 8.60. The van der Waals surface area contributed by atoms with Crippen molar-refractivity contribution in [1.82, 2.24) is 0 Å². The van der Waals surface area contributed by atoms with Gasteiger partial charge in [-0.05, 0) is 18.2 Å². The number of carbonyl (C=O) groups is 1. The van der Waals surface area contributed by atoms with Crippen LogP contribution in [0.25, 0.3) is 0 Å². The molecule has 1 saturated heterocycles. The molecule has 34 heavy (non-hydrogen) atoms. The van der Waals surface area contributed by atoms with Crippen LogP contribution in [0.2, 0.25) is 0 Å². The first-order valence-corrected chi connectivity index (χ1v) is 11.2. The molecular weight excluding hydrogens is 476 g/mol. The van der Waals surface area contributed by atoms with Crippen molar-refractivity contribution in [2.45, 2.75) is 54.1 Å². The molecule has 0 aromatic heterocycles. The van der Waals surface area contributed by atoms with E-state index in [2.05, 4.69) is 0 Å². The molecule has 0 spiro atoms. The van der Waals surface area contributed by atoms with Crippen molar-refractivity contribution < 1.29 is 54.4 Å². The van der Waals surface area contributed by atoms with Crippen molar-refractivity contribution in [3.63, 3.8) is 0 Å². The van der Waals surface area contributed by atoms with E-state index in [0.29, 0.717) is 0 Å². The fourth-order valence-corrected chi connectivity index (χ4v) is 4.99. The van der Waals surface area contributed by atoms with Crippen molar-refractivity contribution >= 4 is 17.6 Å². The van der Waals surface area contributed by atoms with E-state index in [9.17, 15) is 35.4 Å². The lowest BCUT2D eigenvalue weighted by Crippen LogP contribution is -2.61. The lowest BCUT2D eigenvalue weighted by Gasteiger charge is -2.44. The maximum absolute atomic E-state index is 12.4. The van der Waals surface area contributed by atoms with Crippen LogP contribution in [-0.4, -0.2) is 104 Å². The van der Waals surface area contributed by atoms with E-state index < -0.39 is 85.1 Å². The van der Waals surface area contributed by atoms with Gasteiger partial charge in [0, 0.05) is 5.92 Å². The zero-order chi connectivity index (χ0) is 24.6. The molecule has 0 bridgehead atoms. The molecule has 4 rings (SSSR count). The number of hydrogen-bond acceptors (Lipinski definition) is 11. The quantitative estimate of drug-likeness (QED) is 0.197. The summed E-state index contributed by atoms with van der Waals surface area (Å²) in [7, 11) is 0. The Kier molecular flexibility index (Phi) is 7.48. The van der Waals surface area contributed by atoms with Crippen LogP contribution in [0, 0.1) is 11.8 Å². The summed E-state index contributed by atoms with van der Waals surface area (Å²) in [6.45, 7) is -1.26. The number of halogens is 1. The van der Waals surface area contributed by atoms with Crippen LogP contribution in [0.4, 0.5) is 0 Å². The van der Waals surface area contributed by atoms with Crippen molar-refractivity contribution in [1.29, 1.82) is 0 Å². The number of alkyl halides is 1. The summed E-state index contributed by atoms with van der Waals surface area (Å²) in [4.78, 5) is 12.4. The highest BCUT2D eigenvalue weighted by Crippen LogP contribution is 2.49. The summed E-state index contributed by atoms with van der Waals surface area (Å²) in [5.41, 5.74) is -1.76. The van der Waals surface area contributed by atoms with Gasteiger partial charge in [0.25, 0.3) is 0 Å². The van der Waals surface area contributed by atoms with Crippen molar-refractivity contribution in [2.24, 2.45) is 11.8 Å². The summed E-state index contributed by atoms with van der Waals surface area (Å²) < 4.78 is 21.8. The molecule has 2 fully saturated rings. The highest BCUT2D eigenvalue weighted by atomic mass is 35.5. The summed E-state index contributed by atoms with van der Waals surface area (Å²) in [5.74, 6) is -2.56. The summed E-state index contributed by atoms with van der Waals surface area (Å²) in [6, 6.07) is 8.09. The zero-order valence-corrected chi connectivity index (χ0v) is 18.6. The van der Waals surface area contributed by atoms with E-state index in [1.165, 1.54) is 24.5 Å². The van der Waals surface area contributed by atoms with Gasteiger partial charge < -0.3 is 49.6 Å². The Morgan fingerprint density at radius 2 is 1.74 bits per heavy atom. The molecule has 2 aliphatic heterocycles. The maximum Gasteiger partial charge on any atom is 0.338 e. The third-order valence-electron chi connectivity index (χ3n) is 6.53. The first-order valence-electron chi connectivity index (χ1n) is 10.7. The Bertz CT molecular complexity index is 883. The highest BCUT2D eigenvalue weighted by molar-refractivity contribution is 6.22. The standard InChI is InChI=1S/C22H27ClO11/c23-18-14(25)11-6-7-31-20(34-21-17(28)16(27)15(26)12(8-24)33-21)13(11)22(18,30)9-32-19(29)10-4-2-1-3-5-10/h1-7,11-18,20-21,24-28,30H,8-9H2/t11-,12-,13+,14+,15-,16+,17-,18-,20+,21-,22+/m1/s1. The van der Waals surface area contributed by atoms with Gasteiger partial charge in [-0.15, -0.1) is 11.6 Å². The summed E-state index contributed by atoms with van der Waals surface area (Å²) in [5, 5.41) is 60.6. The Morgan fingerprint density at radius 1 is 1.03 bits per heavy atom. The third kappa shape index (κ3) is 4.43. The number of carbonyl (C=O) groups excluding carboxylic acids is 1. The lowest BCUT2D eigenvalue weighted by molar-refractivity contribution is -0.347. The number of hydrogen-bond donors (Lipinski definition) is 6. The smallest absolute Gasteiger partial charge is 0.338 e. The van der Waals surface area contributed by atoms with Crippen LogP contribution in [0.15, 0.2) is 42.7 Å². The molecule has 6 N–H and O–H groups in total. The minimum absolute atomic E-state index is 0.251. The molecule has 1 aromatic carbocycles. The van der Waals surface area contributed by atoms with Crippen LogP contribution in [0.1, 0.15) is 10.4 Å². The van der Waals surface area contributed by atoms with Gasteiger partial charge in [-0.3, -0.25) is 0 Å². The second kappa shape index (κ2) is 10.1. The molecule has 2 heterocycles. The molecule has 3 aliphatic rings. The molecule has 1 aliphatic carbocycles. The minimum Gasteiger partial charge on any atom is -0.472 e. The van der Waals surface area contributed by atoms with Crippen LogP contribution in [0.5, 0.6) is 0 Å². The first kappa shape index (κ1) is 25.3. The van der Waals surface area contributed by atoms with Crippen LogP contribution >= 0.6 is 11.6 Å². The molecule has 12 heteroatoms. The van der Waals surface area contributed by atoms with Crippen molar-refractivity contribution in [2.75, 3.05) is 13.2 Å². The Balaban J connectivity index is 1.54. The van der Waals surface area contributed by atoms with Crippen LogP contribution in [0.3, 0.4) is 0 Å². The first-order chi connectivity index (χ1) is 16.2. The molecule has 188 valence electrons. The number of fused-ring (bicyclic) bond motifs is 1. The summed E-state index contributed by atoms with van der Waals surface area (Å²) >= 11 is 6.38. The number of ether oxygens (including phenoxy) is 4. The molecule has 11 atom stereocenters. The lowest BCUT2D eigenvalue weighted by atomic mass is 9.84. The Morgan fingerprint density at radius 3 is 2.41 bits per heavy atom. The van der Waals surface area contributed by atoms with Gasteiger partial charge in [0.05, 0.1) is 35.8 Å². The average Bonchev–Trinajstić information content (AvgIpc) is 3.05. The number of aliphatic hydroxyl groups is 6. The third-order valence-corrected chi connectivity index (χ3v) is 7.17. The highest BCUT2D eigenvalue weighted by Gasteiger charge is 2.64. The van der Waals surface area contributed by atoms with Gasteiger partial charge in [0.1, 0.15) is 36.6 Å².